The lowest BCUT2D eigenvalue weighted by molar-refractivity contribution is -0.385. The smallest absolute Gasteiger partial charge is 0.288 e. The number of rotatable bonds is 2. The Morgan fingerprint density at radius 3 is 2.95 bits per heavy atom. The third kappa shape index (κ3) is 2.79. The Morgan fingerprint density at radius 1 is 1.58 bits per heavy atom. The molecule has 0 spiro atoms. The van der Waals surface area contributed by atoms with E-state index in [0.29, 0.717) is 13.1 Å². The van der Waals surface area contributed by atoms with Gasteiger partial charge in [0.05, 0.1) is 17.0 Å². The molecule has 19 heavy (non-hydrogen) atoms. The molecule has 1 aliphatic rings. The number of nitrogens with zero attached hydrogens (tertiary/aromatic N) is 3. The molecule has 1 N–H and O–H groups in total. The molecule has 1 aliphatic heterocycles. The Morgan fingerprint density at radius 2 is 2.32 bits per heavy atom. The molecule has 0 unspecified atom stereocenters. The Hall–Kier alpha value is -2.22. The predicted octanol–water partition coefficient (Wildman–Crippen LogP) is 0.215. The summed E-state index contributed by atoms with van der Waals surface area (Å²) in [5.41, 5.74) is -0.403. The highest BCUT2D eigenvalue weighted by Crippen LogP contribution is 2.20. The van der Waals surface area contributed by atoms with E-state index in [2.05, 4.69) is 10.3 Å². The SMILES string of the molecule is O=C1CN(C(=O)c2cc([N+](=O)[O-])cnc2Cl)CCN1. The Bertz CT molecular complexity index is 562. The quantitative estimate of drug-likeness (QED) is 0.475. The number of carbonyl (C=O) groups is 2. The zero-order valence-electron chi connectivity index (χ0n) is 9.63. The first-order valence-electron chi connectivity index (χ1n) is 5.35. The van der Waals surface area contributed by atoms with Crippen molar-refractivity contribution in [1.82, 2.24) is 15.2 Å². The summed E-state index contributed by atoms with van der Waals surface area (Å²) in [4.78, 5) is 38.2. The van der Waals surface area contributed by atoms with Crippen LogP contribution in [0.15, 0.2) is 12.3 Å². The van der Waals surface area contributed by atoms with E-state index < -0.39 is 10.8 Å². The molecule has 0 saturated carbocycles. The van der Waals surface area contributed by atoms with Crippen LogP contribution in [0.4, 0.5) is 5.69 Å². The summed E-state index contributed by atoms with van der Waals surface area (Å²) in [5.74, 6) is -0.829. The molecule has 0 atom stereocenters. The van der Waals surface area contributed by atoms with Crippen molar-refractivity contribution in [2.75, 3.05) is 19.6 Å². The lowest BCUT2D eigenvalue weighted by Gasteiger charge is -2.26. The van der Waals surface area contributed by atoms with Gasteiger partial charge in [0.15, 0.2) is 0 Å². The highest BCUT2D eigenvalue weighted by molar-refractivity contribution is 6.32. The fourth-order valence-electron chi connectivity index (χ4n) is 1.67. The largest absolute Gasteiger partial charge is 0.353 e. The molecular formula is C10H9ClN4O4. The number of hydrogen-bond acceptors (Lipinski definition) is 5. The van der Waals surface area contributed by atoms with Gasteiger partial charge < -0.3 is 10.2 Å². The van der Waals surface area contributed by atoms with Gasteiger partial charge in [0.1, 0.15) is 11.3 Å². The molecule has 0 aliphatic carbocycles. The molecule has 9 heteroatoms. The second kappa shape index (κ2) is 5.19. The maximum atomic E-state index is 12.1. The molecule has 8 nitrogen and oxygen atoms in total. The normalized spacial score (nSPS) is 15.0. The molecule has 1 fully saturated rings. The van der Waals surface area contributed by atoms with Crippen molar-refractivity contribution in [3.8, 4) is 0 Å². The summed E-state index contributed by atoms with van der Waals surface area (Å²) in [5, 5.41) is 13.1. The first-order chi connectivity index (χ1) is 8.99. The number of carbonyl (C=O) groups excluding carboxylic acids is 2. The highest BCUT2D eigenvalue weighted by atomic mass is 35.5. The molecule has 2 amide bonds. The predicted molar refractivity (Wildman–Crippen MR) is 64.8 cm³/mol. The van der Waals surface area contributed by atoms with Crippen molar-refractivity contribution in [2.45, 2.75) is 0 Å². The lowest BCUT2D eigenvalue weighted by atomic mass is 10.2. The van der Waals surface area contributed by atoms with Gasteiger partial charge in [0, 0.05) is 19.2 Å². The average molecular weight is 285 g/mol. The minimum absolute atomic E-state index is 0.0782. The summed E-state index contributed by atoms with van der Waals surface area (Å²) in [6.07, 6.45) is 0.974. The number of hydrogen-bond donors (Lipinski definition) is 1. The molecular weight excluding hydrogens is 276 g/mol. The van der Waals surface area contributed by atoms with Gasteiger partial charge in [-0.15, -0.1) is 0 Å². The van der Waals surface area contributed by atoms with Gasteiger partial charge in [-0.1, -0.05) is 11.6 Å². The van der Waals surface area contributed by atoms with Gasteiger partial charge in [-0.3, -0.25) is 19.7 Å². The van der Waals surface area contributed by atoms with Crippen LogP contribution in [0.3, 0.4) is 0 Å². The minimum Gasteiger partial charge on any atom is -0.353 e. The van der Waals surface area contributed by atoms with Crippen molar-refractivity contribution in [3.63, 3.8) is 0 Å². The van der Waals surface area contributed by atoms with E-state index in [0.717, 1.165) is 12.3 Å². The van der Waals surface area contributed by atoms with Crippen LogP contribution < -0.4 is 5.32 Å². The topological polar surface area (TPSA) is 105 Å². The summed E-state index contributed by atoms with van der Waals surface area (Å²) >= 11 is 5.77. The summed E-state index contributed by atoms with van der Waals surface area (Å²) in [6, 6.07) is 1.06. The third-order valence-electron chi connectivity index (χ3n) is 2.59. The monoisotopic (exact) mass is 284 g/mol. The number of aromatic nitrogens is 1. The van der Waals surface area contributed by atoms with Crippen LogP contribution >= 0.6 is 11.6 Å². The number of nitro groups is 1. The Labute approximate surface area is 112 Å². The van der Waals surface area contributed by atoms with Crippen molar-refractivity contribution in [3.05, 3.63) is 33.1 Å². The standard InChI is InChI=1S/C10H9ClN4O4/c11-9-7(3-6(4-13-9)15(18)19)10(17)14-2-1-12-8(16)5-14/h3-4H,1-2,5H2,(H,12,16). The zero-order valence-corrected chi connectivity index (χ0v) is 10.4. The maximum Gasteiger partial charge on any atom is 0.288 e. The average Bonchev–Trinajstić information content (AvgIpc) is 2.38. The molecule has 1 saturated heterocycles. The van der Waals surface area contributed by atoms with Crippen LogP contribution in [0.2, 0.25) is 5.15 Å². The summed E-state index contributed by atoms with van der Waals surface area (Å²) in [7, 11) is 0. The van der Waals surface area contributed by atoms with Crippen LogP contribution in [-0.4, -0.2) is 46.3 Å². The van der Waals surface area contributed by atoms with Gasteiger partial charge in [0.2, 0.25) is 5.91 Å². The van der Waals surface area contributed by atoms with Crippen molar-refractivity contribution < 1.29 is 14.5 Å². The first-order valence-corrected chi connectivity index (χ1v) is 5.72. The van der Waals surface area contributed by atoms with E-state index in [1.165, 1.54) is 4.90 Å². The van der Waals surface area contributed by atoms with Crippen LogP contribution in [0.1, 0.15) is 10.4 Å². The van der Waals surface area contributed by atoms with Crippen LogP contribution in [-0.2, 0) is 4.79 Å². The number of halogens is 1. The zero-order chi connectivity index (χ0) is 14.0. The summed E-state index contributed by atoms with van der Waals surface area (Å²) in [6.45, 7) is 0.562. The number of nitrogens with one attached hydrogen (secondary N) is 1. The van der Waals surface area contributed by atoms with Gasteiger partial charge in [-0.2, -0.15) is 0 Å². The van der Waals surface area contributed by atoms with Crippen molar-refractivity contribution in [2.24, 2.45) is 0 Å². The van der Waals surface area contributed by atoms with E-state index in [-0.39, 0.29) is 28.9 Å². The Kier molecular flexibility index (Phi) is 3.61. The van der Waals surface area contributed by atoms with Crippen LogP contribution in [0.25, 0.3) is 0 Å². The van der Waals surface area contributed by atoms with Gasteiger partial charge in [-0.25, -0.2) is 4.98 Å². The third-order valence-corrected chi connectivity index (χ3v) is 2.89. The van der Waals surface area contributed by atoms with E-state index in [4.69, 9.17) is 11.6 Å². The molecule has 100 valence electrons. The lowest BCUT2D eigenvalue weighted by Crippen LogP contribution is -2.50. The Balaban J connectivity index is 2.29. The number of pyridine rings is 1. The fraction of sp³-hybridized carbons (Fsp3) is 0.300. The molecule has 1 aromatic rings. The van der Waals surface area contributed by atoms with Crippen molar-refractivity contribution >= 4 is 29.1 Å². The summed E-state index contributed by atoms with van der Waals surface area (Å²) < 4.78 is 0. The molecule has 1 aromatic heterocycles. The fourth-order valence-corrected chi connectivity index (χ4v) is 1.85. The van der Waals surface area contributed by atoms with Crippen LogP contribution in [0, 0.1) is 10.1 Å². The van der Waals surface area contributed by atoms with Gasteiger partial charge in [-0.05, 0) is 0 Å². The highest BCUT2D eigenvalue weighted by Gasteiger charge is 2.25. The molecule has 0 aromatic carbocycles. The number of amides is 2. The van der Waals surface area contributed by atoms with E-state index in [9.17, 15) is 19.7 Å². The van der Waals surface area contributed by atoms with Crippen LogP contribution in [0.5, 0.6) is 0 Å². The second-order valence-corrected chi connectivity index (χ2v) is 4.22. The second-order valence-electron chi connectivity index (χ2n) is 3.87. The molecule has 0 radical (unpaired) electrons. The molecule has 2 rings (SSSR count). The maximum absolute atomic E-state index is 12.1. The first kappa shape index (κ1) is 13.2. The van der Waals surface area contributed by atoms with E-state index in [1.807, 2.05) is 0 Å². The van der Waals surface area contributed by atoms with Gasteiger partial charge >= 0.3 is 0 Å². The molecule has 2 heterocycles. The van der Waals surface area contributed by atoms with Gasteiger partial charge in [0.25, 0.3) is 11.6 Å². The number of piperazine rings is 1. The molecule has 0 bridgehead atoms. The minimum atomic E-state index is -0.664. The van der Waals surface area contributed by atoms with E-state index in [1.54, 1.807) is 0 Å². The van der Waals surface area contributed by atoms with Crippen molar-refractivity contribution in [1.29, 1.82) is 0 Å². The van der Waals surface area contributed by atoms with E-state index >= 15 is 0 Å².